The maximum atomic E-state index is 6.65. The molecule has 120 valence electrons. The van der Waals surface area contributed by atoms with Gasteiger partial charge in [-0.05, 0) is 68.1 Å². The van der Waals surface area contributed by atoms with Crippen molar-refractivity contribution in [1.82, 2.24) is 0 Å². The second-order valence-corrected chi connectivity index (χ2v) is 7.48. The van der Waals surface area contributed by atoms with E-state index in [0.29, 0.717) is 0 Å². The SMILES string of the molecule is NC1CCCC2=C1C(N)C1=C(C2)CC2=C(C(N)CCC2)C1N. The summed E-state index contributed by atoms with van der Waals surface area (Å²) in [6.07, 6.45) is 8.91. The van der Waals surface area contributed by atoms with Crippen molar-refractivity contribution < 1.29 is 0 Å². The maximum Gasteiger partial charge on any atom is 0.0509 e. The molecule has 0 aromatic carbocycles. The molecule has 0 bridgehead atoms. The quantitative estimate of drug-likeness (QED) is 0.507. The standard InChI is InChI=1S/C18H28N4/c19-12-5-1-3-9-7-11-8-10-4-2-6-13(20)15(10)18(22)16(11)17(21)14(9)12/h12-13,17-18H,1-8,19-22H2. The van der Waals surface area contributed by atoms with Gasteiger partial charge in [0.1, 0.15) is 0 Å². The summed E-state index contributed by atoms with van der Waals surface area (Å²) in [6, 6.07) is 0.0882. The summed E-state index contributed by atoms with van der Waals surface area (Å²) in [4.78, 5) is 0. The van der Waals surface area contributed by atoms with E-state index in [-0.39, 0.29) is 24.2 Å². The van der Waals surface area contributed by atoms with Crippen LogP contribution < -0.4 is 22.9 Å². The minimum absolute atomic E-state index is 0.0766. The monoisotopic (exact) mass is 300 g/mol. The van der Waals surface area contributed by atoms with Gasteiger partial charge >= 0.3 is 0 Å². The molecule has 0 heterocycles. The van der Waals surface area contributed by atoms with E-state index in [1.165, 1.54) is 46.3 Å². The summed E-state index contributed by atoms with van der Waals surface area (Å²) in [5, 5.41) is 0. The molecule has 0 fully saturated rings. The number of allylic oxidation sites excluding steroid dienone is 3. The molecule has 0 aromatic rings. The van der Waals surface area contributed by atoms with Gasteiger partial charge in [0.15, 0.2) is 0 Å². The second-order valence-electron chi connectivity index (χ2n) is 7.48. The zero-order valence-corrected chi connectivity index (χ0v) is 13.3. The van der Waals surface area contributed by atoms with Crippen LogP contribution in [0.15, 0.2) is 33.4 Å². The Kier molecular flexibility index (Phi) is 3.53. The first kappa shape index (κ1) is 14.6. The van der Waals surface area contributed by atoms with Crippen molar-refractivity contribution in [2.24, 2.45) is 22.9 Å². The normalized spacial score (nSPS) is 38.7. The molecular weight excluding hydrogens is 272 g/mol. The van der Waals surface area contributed by atoms with Gasteiger partial charge < -0.3 is 22.9 Å². The van der Waals surface area contributed by atoms with Crippen LogP contribution >= 0.6 is 0 Å². The summed E-state index contributed by atoms with van der Waals surface area (Å²) in [6.45, 7) is 0. The van der Waals surface area contributed by atoms with Gasteiger partial charge in [0.25, 0.3) is 0 Å². The Morgan fingerprint density at radius 1 is 0.591 bits per heavy atom. The Hall–Kier alpha value is -0.940. The van der Waals surface area contributed by atoms with Crippen LogP contribution in [0, 0.1) is 0 Å². The molecule has 0 amide bonds. The first-order chi connectivity index (χ1) is 10.6. The molecule has 0 aliphatic heterocycles. The van der Waals surface area contributed by atoms with Crippen LogP contribution in [0.2, 0.25) is 0 Å². The topological polar surface area (TPSA) is 104 Å². The van der Waals surface area contributed by atoms with Gasteiger partial charge in [-0.25, -0.2) is 0 Å². The molecule has 22 heavy (non-hydrogen) atoms. The first-order valence-corrected chi connectivity index (χ1v) is 8.75. The van der Waals surface area contributed by atoms with Crippen molar-refractivity contribution in [1.29, 1.82) is 0 Å². The van der Waals surface area contributed by atoms with Crippen LogP contribution in [-0.4, -0.2) is 24.2 Å². The van der Waals surface area contributed by atoms with Gasteiger partial charge in [0.05, 0.1) is 12.1 Å². The van der Waals surface area contributed by atoms with E-state index in [9.17, 15) is 0 Å². The van der Waals surface area contributed by atoms with E-state index in [0.717, 1.165) is 38.5 Å². The maximum absolute atomic E-state index is 6.65. The molecule has 4 unspecified atom stereocenters. The zero-order chi connectivity index (χ0) is 15.4. The Balaban J connectivity index is 1.72. The minimum Gasteiger partial charge on any atom is -0.324 e. The van der Waals surface area contributed by atoms with Crippen LogP contribution in [0.25, 0.3) is 0 Å². The molecule has 4 aliphatic rings. The van der Waals surface area contributed by atoms with Crippen LogP contribution in [-0.2, 0) is 0 Å². The lowest BCUT2D eigenvalue weighted by molar-refractivity contribution is 0.500. The highest BCUT2D eigenvalue weighted by atomic mass is 14.8. The molecule has 0 saturated carbocycles. The van der Waals surface area contributed by atoms with Gasteiger partial charge in [-0.3, -0.25) is 0 Å². The van der Waals surface area contributed by atoms with E-state index in [1.54, 1.807) is 0 Å². The fourth-order valence-electron chi connectivity index (χ4n) is 5.23. The van der Waals surface area contributed by atoms with E-state index < -0.39 is 0 Å². The Labute approximate surface area is 132 Å². The summed E-state index contributed by atoms with van der Waals surface area (Å²) in [5.74, 6) is 0. The molecule has 4 rings (SSSR count). The van der Waals surface area contributed by atoms with Crippen molar-refractivity contribution >= 4 is 0 Å². The number of hydrogen-bond acceptors (Lipinski definition) is 4. The highest BCUT2D eigenvalue weighted by molar-refractivity contribution is 5.54. The molecule has 8 N–H and O–H groups in total. The van der Waals surface area contributed by atoms with Crippen molar-refractivity contribution in [3.05, 3.63) is 33.4 Å². The average molecular weight is 300 g/mol. The largest absolute Gasteiger partial charge is 0.324 e. The third kappa shape index (κ3) is 2.05. The second kappa shape index (κ2) is 5.31. The number of hydrogen-bond donors (Lipinski definition) is 4. The van der Waals surface area contributed by atoms with Crippen molar-refractivity contribution in [2.75, 3.05) is 0 Å². The lowest BCUT2D eigenvalue weighted by Gasteiger charge is -2.44. The van der Waals surface area contributed by atoms with Crippen molar-refractivity contribution in [2.45, 2.75) is 75.5 Å². The molecule has 4 aliphatic carbocycles. The van der Waals surface area contributed by atoms with Gasteiger partial charge in [-0.1, -0.05) is 16.7 Å². The van der Waals surface area contributed by atoms with Crippen LogP contribution in [0.3, 0.4) is 0 Å². The summed E-state index contributed by atoms with van der Waals surface area (Å²) in [7, 11) is 0. The summed E-state index contributed by atoms with van der Waals surface area (Å²) < 4.78 is 0. The van der Waals surface area contributed by atoms with E-state index >= 15 is 0 Å². The van der Waals surface area contributed by atoms with Gasteiger partial charge in [0.2, 0.25) is 0 Å². The first-order valence-electron chi connectivity index (χ1n) is 8.75. The van der Waals surface area contributed by atoms with Crippen molar-refractivity contribution in [3.8, 4) is 0 Å². The smallest absolute Gasteiger partial charge is 0.0509 e. The van der Waals surface area contributed by atoms with E-state index in [2.05, 4.69) is 0 Å². The summed E-state index contributed by atoms with van der Waals surface area (Å²) in [5.41, 5.74) is 34.3. The van der Waals surface area contributed by atoms with Gasteiger partial charge in [-0.2, -0.15) is 0 Å². The fourth-order valence-corrected chi connectivity index (χ4v) is 5.23. The molecule has 4 nitrogen and oxygen atoms in total. The molecule has 4 heteroatoms. The molecule has 0 saturated heterocycles. The lowest BCUT2D eigenvalue weighted by atomic mass is 9.65. The van der Waals surface area contributed by atoms with Crippen molar-refractivity contribution in [3.63, 3.8) is 0 Å². The van der Waals surface area contributed by atoms with Crippen LogP contribution in [0.5, 0.6) is 0 Å². The third-order valence-corrected chi connectivity index (χ3v) is 6.20. The van der Waals surface area contributed by atoms with Gasteiger partial charge in [0, 0.05) is 12.1 Å². The van der Waals surface area contributed by atoms with Crippen LogP contribution in [0.4, 0.5) is 0 Å². The number of nitrogens with two attached hydrogens (primary N) is 4. The number of rotatable bonds is 0. The third-order valence-electron chi connectivity index (χ3n) is 6.20. The average Bonchev–Trinajstić information content (AvgIpc) is 2.46. The van der Waals surface area contributed by atoms with E-state index in [1.807, 2.05) is 0 Å². The minimum atomic E-state index is -0.0766. The van der Waals surface area contributed by atoms with E-state index in [4.69, 9.17) is 22.9 Å². The highest BCUT2D eigenvalue weighted by Crippen LogP contribution is 2.46. The Bertz CT molecular complexity index is 548. The Morgan fingerprint density at radius 2 is 1.05 bits per heavy atom. The zero-order valence-electron chi connectivity index (χ0n) is 13.3. The van der Waals surface area contributed by atoms with Crippen LogP contribution in [0.1, 0.15) is 51.4 Å². The van der Waals surface area contributed by atoms with Gasteiger partial charge in [-0.15, -0.1) is 0 Å². The predicted molar refractivity (Wildman–Crippen MR) is 89.9 cm³/mol. The molecule has 0 radical (unpaired) electrons. The fraction of sp³-hybridized carbons (Fsp3) is 0.667. The highest BCUT2D eigenvalue weighted by Gasteiger charge is 2.40. The molecule has 0 aromatic heterocycles. The molecule has 4 atom stereocenters. The summed E-state index contributed by atoms with van der Waals surface area (Å²) >= 11 is 0. The lowest BCUT2D eigenvalue weighted by Crippen LogP contribution is -2.50. The Morgan fingerprint density at radius 3 is 1.50 bits per heavy atom. The molecule has 0 spiro atoms. The predicted octanol–water partition coefficient (Wildman–Crippen LogP) is 1.36. The molecular formula is C18H28N4.